The molecule has 0 saturated heterocycles. The molecule has 6 N–H and O–H groups in total. The average Bonchev–Trinajstić information content (AvgIpc) is 2.68. The number of hydrogen-bond acceptors (Lipinski definition) is 8. The third-order valence-corrected chi connectivity index (χ3v) is 6.97. The Morgan fingerprint density at radius 2 is 1.84 bits per heavy atom. The lowest BCUT2D eigenvalue weighted by Gasteiger charge is -2.51. The van der Waals surface area contributed by atoms with Gasteiger partial charge in [0.05, 0.1) is 11.6 Å². The Hall–Kier alpha value is -3.17. The molecule has 0 heterocycles. The van der Waals surface area contributed by atoms with Crippen LogP contribution in [0.3, 0.4) is 0 Å². The first-order valence-electron chi connectivity index (χ1n) is 9.91. The minimum Gasteiger partial charge on any atom is -0.510 e. The zero-order chi connectivity index (χ0) is 23.0. The quantitative estimate of drug-likeness (QED) is 0.430. The van der Waals surface area contributed by atoms with Gasteiger partial charge in [0.2, 0.25) is 5.78 Å². The van der Waals surface area contributed by atoms with Crippen LogP contribution in [0.5, 0.6) is 5.75 Å². The highest BCUT2D eigenvalue weighted by Gasteiger charge is 2.63. The van der Waals surface area contributed by atoms with Crippen LogP contribution in [-0.2, 0) is 9.59 Å². The lowest BCUT2D eigenvalue weighted by molar-refractivity contribution is -0.148. The van der Waals surface area contributed by atoms with E-state index >= 15 is 0 Å². The highest BCUT2D eigenvalue weighted by molar-refractivity contribution is 6.24. The van der Waals surface area contributed by atoms with Crippen LogP contribution in [-0.4, -0.2) is 68.5 Å². The van der Waals surface area contributed by atoms with Crippen molar-refractivity contribution in [2.45, 2.75) is 30.9 Å². The van der Waals surface area contributed by atoms with Gasteiger partial charge in [-0.3, -0.25) is 19.3 Å². The van der Waals surface area contributed by atoms with Crippen LogP contribution in [0, 0.1) is 11.8 Å². The zero-order valence-electron chi connectivity index (χ0n) is 17.3. The summed E-state index contributed by atoms with van der Waals surface area (Å²) in [6.45, 7) is 1.83. The van der Waals surface area contributed by atoms with Crippen LogP contribution < -0.4 is 5.73 Å². The van der Waals surface area contributed by atoms with E-state index in [1.54, 1.807) is 26.2 Å². The number of hydrogen-bond donors (Lipinski definition) is 5. The molecule has 0 fully saturated rings. The number of aliphatic hydroxyl groups is 3. The molecule has 164 valence electrons. The van der Waals surface area contributed by atoms with Gasteiger partial charge in [-0.15, -0.1) is 0 Å². The molecule has 5 atom stereocenters. The topological polar surface area (TPSA) is 161 Å². The van der Waals surface area contributed by atoms with Crippen molar-refractivity contribution in [2.75, 3.05) is 14.1 Å². The molecule has 0 aliphatic heterocycles. The third kappa shape index (κ3) is 2.53. The van der Waals surface area contributed by atoms with E-state index in [0.717, 1.165) is 0 Å². The number of nitrogens with two attached hydrogens (primary N) is 1. The number of nitrogens with zero attached hydrogens (tertiary/aromatic N) is 1. The Bertz CT molecular complexity index is 1100. The van der Waals surface area contributed by atoms with Crippen LogP contribution in [0.15, 0.2) is 40.9 Å². The summed E-state index contributed by atoms with van der Waals surface area (Å²) in [5, 5.41) is 43.6. The van der Waals surface area contributed by atoms with E-state index in [1.165, 1.54) is 11.0 Å². The number of ketones is 2. The molecular weight excluding hydrogens is 404 g/mol. The van der Waals surface area contributed by atoms with E-state index in [2.05, 4.69) is 0 Å². The van der Waals surface area contributed by atoms with Gasteiger partial charge in [0.25, 0.3) is 5.91 Å². The maximum absolute atomic E-state index is 13.3. The Balaban J connectivity index is 2.01. The summed E-state index contributed by atoms with van der Waals surface area (Å²) in [5.41, 5.74) is 2.31. The molecule has 9 nitrogen and oxygen atoms in total. The van der Waals surface area contributed by atoms with Crippen LogP contribution in [0.4, 0.5) is 0 Å². The second-order valence-electron chi connectivity index (χ2n) is 8.70. The molecule has 31 heavy (non-hydrogen) atoms. The Morgan fingerprint density at radius 3 is 2.42 bits per heavy atom. The Labute approximate surface area is 178 Å². The molecule has 3 aliphatic carbocycles. The summed E-state index contributed by atoms with van der Waals surface area (Å²) < 4.78 is 0. The van der Waals surface area contributed by atoms with Gasteiger partial charge in [-0.1, -0.05) is 19.1 Å². The number of amides is 1. The largest absolute Gasteiger partial charge is 0.510 e. The maximum Gasteiger partial charge on any atom is 0.255 e. The highest BCUT2D eigenvalue weighted by atomic mass is 16.3. The fraction of sp³-hybridized carbons (Fsp3) is 0.409. The number of rotatable bonds is 2. The number of benzene rings is 1. The fourth-order valence-electron chi connectivity index (χ4n) is 5.51. The lowest BCUT2D eigenvalue weighted by Crippen LogP contribution is -2.64. The van der Waals surface area contributed by atoms with Crippen molar-refractivity contribution in [3.8, 4) is 5.75 Å². The summed E-state index contributed by atoms with van der Waals surface area (Å²) in [5.74, 6) is -6.81. The molecule has 4 rings (SSSR count). The number of primary amides is 1. The van der Waals surface area contributed by atoms with Crippen LogP contribution >= 0.6 is 0 Å². The number of carbonyl (C=O) groups excluding carboxylic acids is 3. The molecule has 3 aliphatic rings. The number of phenolic OH excluding ortho intramolecular Hbond substituents is 1. The van der Waals surface area contributed by atoms with E-state index in [1.807, 2.05) is 6.92 Å². The molecule has 0 radical (unpaired) electrons. The van der Waals surface area contributed by atoms with Gasteiger partial charge >= 0.3 is 0 Å². The Morgan fingerprint density at radius 1 is 1.19 bits per heavy atom. The smallest absolute Gasteiger partial charge is 0.255 e. The summed E-state index contributed by atoms with van der Waals surface area (Å²) >= 11 is 0. The molecule has 9 heteroatoms. The highest BCUT2D eigenvalue weighted by Crippen LogP contribution is 2.55. The zero-order valence-corrected chi connectivity index (χ0v) is 17.3. The third-order valence-electron chi connectivity index (χ3n) is 6.97. The number of Topliss-reactive ketones (excluding diaryl/α,β-unsaturated/α-hetero) is 2. The van der Waals surface area contributed by atoms with E-state index < -0.39 is 58.0 Å². The minimum atomic E-state index is -2.62. The number of carbonyl (C=O) groups is 3. The van der Waals surface area contributed by atoms with E-state index in [4.69, 9.17) is 5.73 Å². The van der Waals surface area contributed by atoms with Crippen molar-refractivity contribution in [1.82, 2.24) is 4.90 Å². The first-order valence-corrected chi connectivity index (χ1v) is 9.91. The summed E-state index contributed by atoms with van der Waals surface area (Å²) in [6, 6.07) is 3.68. The molecule has 1 unspecified atom stereocenters. The predicted molar refractivity (Wildman–Crippen MR) is 108 cm³/mol. The maximum atomic E-state index is 13.3. The van der Waals surface area contributed by atoms with Gasteiger partial charge in [-0.05, 0) is 44.0 Å². The fourth-order valence-corrected chi connectivity index (χ4v) is 5.51. The first kappa shape index (κ1) is 21.1. The molecule has 1 aromatic carbocycles. The first-order chi connectivity index (χ1) is 14.4. The molecule has 0 saturated carbocycles. The van der Waals surface area contributed by atoms with Crippen molar-refractivity contribution >= 4 is 17.5 Å². The van der Waals surface area contributed by atoms with Gasteiger partial charge in [-0.25, -0.2) is 0 Å². The molecule has 0 aromatic heterocycles. The number of fused-ring (bicyclic) bond motifs is 3. The minimum absolute atomic E-state index is 0.00998. The van der Waals surface area contributed by atoms with Crippen molar-refractivity contribution in [3.05, 3.63) is 52.0 Å². The van der Waals surface area contributed by atoms with Gasteiger partial charge in [-0.2, -0.15) is 0 Å². The van der Waals surface area contributed by atoms with Crippen LogP contribution in [0.25, 0.3) is 0 Å². The van der Waals surface area contributed by atoms with Gasteiger partial charge in [0.15, 0.2) is 11.4 Å². The van der Waals surface area contributed by atoms with Crippen molar-refractivity contribution in [2.24, 2.45) is 17.6 Å². The number of phenols is 1. The second-order valence-corrected chi connectivity index (χ2v) is 8.70. The lowest BCUT2D eigenvalue weighted by atomic mass is 9.56. The van der Waals surface area contributed by atoms with E-state index in [9.17, 15) is 34.8 Å². The molecule has 0 bridgehead atoms. The molecule has 1 aromatic rings. The van der Waals surface area contributed by atoms with Gasteiger partial charge in [0, 0.05) is 11.5 Å². The summed E-state index contributed by atoms with van der Waals surface area (Å²) in [4.78, 5) is 39.9. The summed E-state index contributed by atoms with van der Waals surface area (Å²) in [7, 11) is 3.18. The van der Waals surface area contributed by atoms with Crippen molar-refractivity contribution in [3.63, 3.8) is 0 Å². The van der Waals surface area contributed by atoms with Crippen molar-refractivity contribution < 1.29 is 34.8 Å². The van der Waals surface area contributed by atoms with Crippen molar-refractivity contribution in [1.29, 1.82) is 0 Å². The molecule has 0 spiro atoms. The standard InChI is InChI=1S/C22H24N2O7/c1-8-9-5-4-6-12(25)13(9)17(26)14-10(8)7-11-16(24(2)3)18(27)15(21(23)30)20(29)22(11,31)19(14)28/h4-6,8,10-11,16,25,27-28,31H,7H2,1-3H3,(H2,23,30)/t8-,10-,11+,16?,22+/m1/s1. The van der Waals surface area contributed by atoms with Gasteiger partial charge < -0.3 is 26.2 Å². The second kappa shape index (κ2) is 6.66. The number of likely N-dealkylation sites (N-methyl/N-ethyl adjacent to an activating group) is 1. The summed E-state index contributed by atoms with van der Waals surface area (Å²) in [6.07, 6.45) is 0.0720. The molecule has 1 amide bonds. The van der Waals surface area contributed by atoms with E-state index in [-0.39, 0.29) is 29.2 Å². The average molecular weight is 428 g/mol. The van der Waals surface area contributed by atoms with E-state index in [0.29, 0.717) is 5.56 Å². The van der Waals surface area contributed by atoms with Gasteiger partial charge in [0.1, 0.15) is 22.8 Å². The number of aliphatic hydroxyl groups excluding tert-OH is 2. The molecular formula is C22H24N2O7. The van der Waals surface area contributed by atoms with Crippen LogP contribution in [0.1, 0.15) is 35.2 Å². The Kier molecular flexibility index (Phi) is 4.53. The SMILES string of the molecule is C[C@@H]1c2cccc(O)c2C(=O)C2=C(O)[C@]3(O)C(=O)C(C(N)=O)=C(O)C(N(C)C)[C@@H]3C[C@@H]21. The predicted octanol–water partition coefficient (Wildman–Crippen LogP) is 0.682. The number of aromatic hydroxyl groups is 1. The number of allylic oxidation sites excluding steroid dienone is 1. The van der Waals surface area contributed by atoms with Crippen LogP contribution in [0.2, 0.25) is 0 Å². The normalized spacial score (nSPS) is 32.7. The monoisotopic (exact) mass is 428 g/mol.